The normalized spacial score (nSPS) is 19.8. The molecule has 1 rings (SSSR count). The molecular formula is C10H19NO. The molecule has 0 heterocycles. The number of amides is 1. The van der Waals surface area contributed by atoms with Gasteiger partial charge in [0.1, 0.15) is 0 Å². The lowest BCUT2D eigenvalue weighted by Gasteiger charge is -2.25. The van der Waals surface area contributed by atoms with Crippen molar-refractivity contribution in [2.45, 2.75) is 39.5 Å². The van der Waals surface area contributed by atoms with Crippen molar-refractivity contribution in [1.82, 2.24) is 5.32 Å². The molecule has 0 aliphatic heterocycles. The Bertz CT molecular complexity index is 152. The van der Waals surface area contributed by atoms with Crippen LogP contribution in [-0.4, -0.2) is 12.5 Å². The highest BCUT2D eigenvalue weighted by Gasteiger charge is 2.18. The smallest absolute Gasteiger partial charge is 0.222 e. The molecule has 2 nitrogen and oxygen atoms in total. The Hall–Kier alpha value is -0.530. The van der Waals surface area contributed by atoms with Crippen molar-refractivity contribution in [3.05, 3.63) is 0 Å². The summed E-state index contributed by atoms with van der Waals surface area (Å²) in [4.78, 5) is 11.3. The van der Waals surface area contributed by atoms with Crippen LogP contribution in [0.2, 0.25) is 0 Å². The van der Waals surface area contributed by atoms with Crippen molar-refractivity contribution >= 4 is 5.91 Å². The molecule has 1 aliphatic carbocycles. The quantitative estimate of drug-likeness (QED) is 0.684. The van der Waals surface area contributed by atoms with E-state index in [4.69, 9.17) is 0 Å². The van der Waals surface area contributed by atoms with Gasteiger partial charge in [-0.2, -0.15) is 0 Å². The van der Waals surface area contributed by atoms with Gasteiger partial charge in [0.25, 0.3) is 0 Å². The SMILES string of the molecule is CCC(C)C(=O)NCC1CCC1. The zero-order valence-corrected chi connectivity index (χ0v) is 8.10. The van der Waals surface area contributed by atoms with Gasteiger partial charge in [-0.15, -0.1) is 0 Å². The Morgan fingerprint density at radius 2 is 2.25 bits per heavy atom. The average molecular weight is 169 g/mol. The van der Waals surface area contributed by atoms with Gasteiger partial charge in [-0.25, -0.2) is 0 Å². The molecule has 2 heteroatoms. The van der Waals surface area contributed by atoms with Crippen LogP contribution >= 0.6 is 0 Å². The van der Waals surface area contributed by atoms with E-state index in [2.05, 4.69) is 5.32 Å². The lowest BCUT2D eigenvalue weighted by atomic mass is 9.85. The molecule has 1 atom stereocenters. The van der Waals surface area contributed by atoms with E-state index in [1.807, 2.05) is 13.8 Å². The largest absolute Gasteiger partial charge is 0.356 e. The summed E-state index contributed by atoms with van der Waals surface area (Å²) in [5.41, 5.74) is 0. The molecule has 0 saturated heterocycles. The third kappa shape index (κ3) is 2.50. The van der Waals surface area contributed by atoms with E-state index >= 15 is 0 Å². The maximum absolute atomic E-state index is 11.3. The van der Waals surface area contributed by atoms with Gasteiger partial charge in [0, 0.05) is 12.5 Å². The predicted octanol–water partition coefficient (Wildman–Crippen LogP) is 1.95. The standard InChI is InChI=1S/C10H19NO/c1-3-8(2)10(12)11-7-9-5-4-6-9/h8-9H,3-7H2,1-2H3,(H,11,12). The van der Waals surface area contributed by atoms with Gasteiger partial charge in [0.05, 0.1) is 0 Å². The molecule has 1 saturated carbocycles. The first-order valence-electron chi connectivity index (χ1n) is 5.01. The number of carbonyl (C=O) groups is 1. The molecule has 70 valence electrons. The van der Waals surface area contributed by atoms with E-state index in [1.165, 1.54) is 19.3 Å². The van der Waals surface area contributed by atoms with Crippen LogP contribution in [0.5, 0.6) is 0 Å². The van der Waals surface area contributed by atoms with Crippen molar-refractivity contribution in [1.29, 1.82) is 0 Å². The van der Waals surface area contributed by atoms with E-state index in [0.29, 0.717) is 0 Å². The summed E-state index contributed by atoms with van der Waals surface area (Å²) in [5.74, 6) is 1.19. The molecule has 1 aliphatic rings. The second kappa shape index (κ2) is 4.48. The fourth-order valence-electron chi connectivity index (χ4n) is 1.30. The first kappa shape index (κ1) is 9.56. The Morgan fingerprint density at radius 1 is 1.58 bits per heavy atom. The Balaban J connectivity index is 2.08. The van der Waals surface area contributed by atoms with Gasteiger partial charge < -0.3 is 5.32 Å². The monoisotopic (exact) mass is 169 g/mol. The van der Waals surface area contributed by atoms with Crippen LogP contribution < -0.4 is 5.32 Å². The molecule has 1 N–H and O–H groups in total. The zero-order chi connectivity index (χ0) is 8.97. The van der Waals surface area contributed by atoms with Crippen molar-refractivity contribution < 1.29 is 4.79 Å². The summed E-state index contributed by atoms with van der Waals surface area (Å²) < 4.78 is 0. The predicted molar refractivity (Wildman–Crippen MR) is 49.8 cm³/mol. The zero-order valence-electron chi connectivity index (χ0n) is 8.10. The molecule has 0 radical (unpaired) electrons. The number of rotatable bonds is 4. The minimum absolute atomic E-state index is 0.185. The van der Waals surface area contributed by atoms with E-state index in [-0.39, 0.29) is 11.8 Å². The molecule has 1 fully saturated rings. The van der Waals surface area contributed by atoms with E-state index < -0.39 is 0 Å². The van der Waals surface area contributed by atoms with Crippen LogP contribution in [0.3, 0.4) is 0 Å². The van der Waals surface area contributed by atoms with Gasteiger partial charge in [0.2, 0.25) is 5.91 Å². The van der Waals surface area contributed by atoms with Crippen molar-refractivity contribution in [3.63, 3.8) is 0 Å². The summed E-state index contributed by atoms with van der Waals surface area (Å²) >= 11 is 0. The lowest BCUT2D eigenvalue weighted by Crippen LogP contribution is -2.35. The molecule has 1 unspecified atom stereocenters. The summed E-state index contributed by atoms with van der Waals surface area (Å²) in [5, 5.41) is 3.00. The van der Waals surface area contributed by atoms with Crippen LogP contribution in [-0.2, 0) is 4.79 Å². The summed E-state index contributed by atoms with van der Waals surface area (Å²) in [6, 6.07) is 0. The van der Waals surface area contributed by atoms with Gasteiger partial charge in [-0.3, -0.25) is 4.79 Å². The summed E-state index contributed by atoms with van der Waals surface area (Å²) in [7, 11) is 0. The van der Waals surface area contributed by atoms with E-state index in [0.717, 1.165) is 18.9 Å². The minimum Gasteiger partial charge on any atom is -0.356 e. The third-order valence-corrected chi connectivity index (χ3v) is 2.85. The molecule has 1 amide bonds. The number of nitrogens with one attached hydrogen (secondary N) is 1. The first-order chi connectivity index (χ1) is 5.74. The summed E-state index contributed by atoms with van der Waals surface area (Å²) in [6.07, 6.45) is 4.90. The van der Waals surface area contributed by atoms with Gasteiger partial charge in [-0.1, -0.05) is 20.3 Å². The fourth-order valence-corrected chi connectivity index (χ4v) is 1.30. The molecule has 0 aromatic rings. The van der Waals surface area contributed by atoms with Gasteiger partial charge in [0.15, 0.2) is 0 Å². The van der Waals surface area contributed by atoms with E-state index in [1.54, 1.807) is 0 Å². The Morgan fingerprint density at radius 3 is 2.67 bits per heavy atom. The van der Waals surface area contributed by atoms with Crippen molar-refractivity contribution in [2.24, 2.45) is 11.8 Å². The average Bonchev–Trinajstić information content (AvgIpc) is 2.00. The van der Waals surface area contributed by atoms with Crippen LogP contribution in [0.25, 0.3) is 0 Å². The van der Waals surface area contributed by atoms with Crippen LogP contribution in [0, 0.1) is 11.8 Å². The van der Waals surface area contributed by atoms with Crippen molar-refractivity contribution in [3.8, 4) is 0 Å². The summed E-state index contributed by atoms with van der Waals surface area (Å²) in [6.45, 7) is 4.94. The highest BCUT2D eigenvalue weighted by molar-refractivity contribution is 5.78. The second-order valence-corrected chi connectivity index (χ2v) is 3.85. The van der Waals surface area contributed by atoms with Crippen molar-refractivity contribution in [2.75, 3.05) is 6.54 Å². The second-order valence-electron chi connectivity index (χ2n) is 3.85. The topological polar surface area (TPSA) is 29.1 Å². The van der Waals surface area contributed by atoms with Gasteiger partial charge >= 0.3 is 0 Å². The Kier molecular flexibility index (Phi) is 3.57. The minimum atomic E-state index is 0.185. The highest BCUT2D eigenvalue weighted by atomic mass is 16.1. The molecule has 12 heavy (non-hydrogen) atoms. The van der Waals surface area contributed by atoms with E-state index in [9.17, 15) is 4.79 Å². The highest BCUT2D eigenvalue weighted by Crippen LogP contribution is 2.25. The van der Waals surface area contributed by atoms with Crippen LogP contribution in [0.15, 0.2) is 0 Å². The number of hydrogen-bond donors (Lipinski definition) is 1. The lowest BCUT2D eigenvalue weighted by molar-refractivity contribution is -0.124. The number of hydrogen-bond acceptors (Lipinski definition) is 1. The van der Waals surface area contributed by atoms with Gasteiger partial charge in [-0.05, 0) is 25.2 Å². The first-order valence-corrected chi connectivity index (χ1v) is 5.01. The molecule has 0 spiro atoms. The maximum Gasteiger partial charge on any atom is 0.222 e. The van der Waals surface area contributed by atoms with Crippen LogP contribution in [0.1, 0.15) is 39.5 Å². The molecule has 0 aromatic carbocycles. The molecular weight excluding hydrogens is 150 g/mol. The third-order valence-electron chi connectivity index (χ3n) is 2.85. The molecule has 0 bridgehead atoms. The fraction of sp³-hybridized carbons (Fsp3) is 0.900. The number of carbonyl (C=O) groups excluding carboxylic acids is 1. The van der Waals surface area contributed by atoms with Crippen LogP contribution in [0.4, 0.5) is 0 Å². The maximum atomic E-state index is 11.3. The Labute approximate surface area is 74.7 Å². The molecule has 0 aromatic heterocycles.